The molecule has 0 aliphatic heterocycles. The number of rotatable bonds is 3. The Bertz CT molecular complexity index is 642. The second-order valence-electron chi connectivity index (χ2n) is 4.70. The van der Waals surface area contributed by atoms with Crippen molar-refractivity contribution in [1.82, 2.24) is 5.32 Å². The molecule has 0 aromatic heterocycles. The van der Waals surface area contributed by atoms with Crippen LogP contribution in [0.15, 0.2) is 52.5 Å². The van der Waals surface area contributed by atoms with E-state index in [0.29, 0.717) is 12.1 Å². The van der Waals surface area contributed by atoms with Crippen LogP contribution in [0.3, 0.4) is 0 Å². The van der Waals surface area contributed by atoms with Gasteiger partial charge in [-0.05, 0) is 48.9 Å². The molecule has 0 aliphatic rings. The van der Waals surface area contributed by atoms with Crippen molar-refractivity contribution in [2.45, 2.75) is 13.8 Å². The van der Waals surface area contributed by atoms with Gasteiger partial charge in [-0.3, -0.25) is 4.79 Å². The fraction of sp³-hybridized carbons (Fsp3) is 0.188. The van der Waals surface area contributed by atoms with Crippen molar-refractivity contribution in [2.75, 3.05) is 6.54 Å². The number of halogens is 1. The molecular formula is C16H16BrNO. The first-order valence-electron chi connectivity index (χ1n) is 6.17. The summed E-state index contributed by atoms with van der Waals surface area (Å²) >= 11 is 3.44. The van der Waals surface area contributed by atoms with Crippen molar-refractivity contribution in [1.29, 1.82) is 0 Å². The number of allylic oxidation sites excluding steroid dienone is 1. The molecule has 2 aromatic rings. The smallest absolute Gasteiger partial charge is 0.251 e. The van der Waals surface area contributed by atoms with E-state index in [0.717, 1.165) is 15.2 Å². The van der Waals surface area contributed by atoms with Crippen molar-refractivity contribution < 1.29 is 4.79 Å². The van der Waals surface area contributed by atoms with E-state index in [2.05, 4.69) is 21.2 Å². The molecule has 1 N–H and O–H groups in total. The molecule has 0 spiro atoms. The van der Waals surface area contributed by atoms with Crippen LogP contribution in [0.25, 0.3) is 10.8 Å². The highest BCUT2D eigenvalue weighted by Gasteiger charge is 2.05. The fourth-order valence-electron chi connectivity index (χ4n) is 1.81. The average molecular weight is 318 g/mol. The number of hydrogen-bond donors (Lipinski definition) is 1. The van der Waals surface area contributed by atoms with Gasteiger partial charge in [-0.15, -0.1) is 0 Å². The molecule has 2 rings (SSSR count). The minimum absolute atomic E-state index is 0.0395. The van der Waals surface area contributed by atoms with Gasteiger partial charge in [0.1, 0.15) is 0 Å². The summed E-state index contributed by atoms with van der Waals surface area (Å²) in [6.45, 7) is 4.60. The molecule has 0 atom stereocenters. The Balaban J connectivity index is 2.19. The molecule has 98 valence electrons. The maximum absolute atomic E-state index is 12.0. The molecule has 2 aromatic carbocycles. The highest BCUT2D eigenvalue weighted by molar-refractivity contribution is 9.10. The first-order chi connectivity index (χ1) is 9.06. The van der Waals surface area contributed by atoms with E-state index >= 15 is 0 Å². The Labute approximate surface area is 121 Å². The Morgan fingerprint density at radius 3 is 2.58 bits per heavy atom. The van der Waals surface area contributed by atoms with Crippen molar-refractivity contribution in [3.8, 4) is 0 Å². The van der Waals surface area contributed by atoms with E-state index in [4.69, 9.17) is 0 Å². The van der Waals surface area contributed by atoms with E-state index in [-0.39, 0.29) is 5.91 Å². The number of carbonyl (C=O) groups excluding carboxylic acids is 1. The molecule has 0 bridgehead atoms. The molecular weight excluding hydrogens is 302 g/mol. The number of fused-ring (bicyclic) bond motifs is 1. The molecule has 0 heterocycles. The third-order valence-corrected chi connectivity index (χ3v) is 3.33. The minimum atomic E-state index is -0.0395. The van der Waals surface area contributed by atoms with Crippen LogP contribution in [-0.2, 0) is 0 Å². The lowest BCUT2D eigenvalue weighted by Gasteiger charge is -2.05. The molecule has 0 fully saturated rings. The monoisotopic (exact) mass is 317 g/mol. The Kier molecular flexibility index (Phi) is 4.38. The van der Waals surface area contributed by atoms with Crippen LogP contribution in [0.4, 0.5) is 0 Å². The van der Waals surface area contributed by atoms with Gasteiger partial charge in [0.2, 0.25) is 0 Å². The third-order valence-electron chi connectivity index (χ3n) is 2.84. The summed E-state index contributed by atoms with van der Waals surface area (Å²) in [5.74, 6) is -0.0395. The number of nitrogens with one attached hydrogen (secondary N) is 1. The van der Waals surface area contributed by atoms with E-state index in [1.807, 2.05) is 56.3 Å². The standard InChI is InChI=1S/C16H16BrNO/c1-11(2)7-8-18-16(19)14-4-3-13-10-15(17)6-5-12(13)9-14/h3-7,9-10H,8H2,1-2H3,(H,18,19). The van der Waals surface area contributed by atoms with Gasteiger partial charge in [0.25, 0.3) is 5.91 Å². The highest BCUT2D eigenvalue weighted by atomic mass is 79.9. The summed E-state index contributed by atoms with van der Waals surface area (Å²) in [5, 5.41) is 5.07. The maximum Gasteiger partial charge on any atom is 0.251 e. The Morgan fingerprint density at radius 2 is 1.84 bits per heavy atom. The van der Waals surface area contributed by atoms with E-state index in [1.54, 1.807) is 0 Å². The van der Waals surface area contributed by atoms with Crippen molar-refractivity contribution >= 4 is 32.6 Å². The molecule has 0 saturated carbocycles. The zero-order chi connectivity index (χ0) is 13.8. The van der Waals surface area contributed by atoms with Gasteiger partial charge in [0.15, 0.2) is 0 Å². The summed E-state index contributed by atoms with van der Waals surface area (Å²) in [6, 6.07) is 11.8. The van der Waals surface area contributed by atoms with Crippen LogP contribution in [-0.4, -0.2) is 12.5 Å². The lowest BCUT2D eigenvalue weighted by molar-refractivity contribution is 0.0958. The van der Waals surface area contributed by atoms with Gasteiger partial charge in [-0.25, -0.2) is 0 Å². The normalized spacial score (nSPS) is 10.3. The van der Waals surface area contributed by atoms with Crippen LogP contribution in [0.5, 0.6) is 0 Å². The average Bonchev–Trinajstić information content (AvgIpc) is 2.37. The van der Waals surface area contributed by atoms with Crippen LogP contribution in [0, 0.1) is 0 Å². The number of hydrogen-bond acceptors (Lipinski definition) is 1. The molecule has 19 heavy (non-hydrogen) atoms. The van der Waals surface area contributed by atoms with Gasteiger partial charge >= 0.3 is 0 Å². The lowest BCUT2D eigenvalue weighted by atomic mass is 10.1. The van der Waals surface area contributed by atoms with Crippen molar-refractivity contribution in [3.63, 3.8) is 0 Å². The zero-order valence-electron chi connectivity index (χ0n) is 11.0. The lowest BCUT2D eigenvalue weighted by Crippen LogP contribution is -2.23. The molecule has 2 nitrogen and oxygen atoms in total. The summed E-state index contributed by atoms with van der Waals surface area (Å²) in [7, 11) is 0. The third kappa shape index (κ3) is 3.67. The van der Waals surface area contributed by atoms with E-state index in [9.17, 15) is 4.79 Å². The summed E-state index contributed by atoms with van der Waals surface area (Å²) < 4.78 is 1.04. The SMILES string of the molecule is CC(C)=CCNC(=O)c1ccc2cc(Br)ccc2c1. The van der Waals surface area contributed by atoms with E-state index < -0.39 is 0 Å². The second kappa shape index (κ2) is 6.02. The highest BCUT2D eigenvalue weighted by Crippen LogP contribution is 2.20. The fourth-order valence-corrected chi connectivity index (χ4v) is 2.19. The second-order valence-corrected chi connectivity index (χ2v) is 5.61. The minimum Gasteiger partial charge on any atom is -0.349 e. The van der Waals surface area contributed by atoms with Crippen LogP contribution in [0.1, 0.15) is 24.2 Å². The van der Waals surface area contributed by atoms with Crippen molar-refractivity contribution in [3.05, 3.63) is 58.1 Å². The summed E-state index contributed by atoms with van der Waals surface area (Å²) in [4.78, 5) is 12.0. The van der Waals surface area contributed by atoms with Crippen LogP contribution >= 0.6 is 15.9 Å². The van der Waals surface area contributed by atoms with Crippen molar-refractivity contribution in [2.24, 2.45) is 0 Å². The largest absolute Gasteiger partial charge is 0.349 e. The molecule has 0 unspecified atom stereocenters. The molecule has 0 radical (unpaired) electrons. The number of amides is 1. The van der Waals surface area contributed by atoms with Crippen LogP contribution in [0.2, 0.25) is 0 Å². The molecule has 0 saturated heterocycles. The quantitative estimate of drug-likeness (QED) is 0.840. The molecule has 1 amide bonds. The van der Waals surface area contributed by atoms with E-state index in [1.165, 1.54) is 5.57 Å². The first kappa shape index (κ1) is 13.8. The van der Waals surface area contributed by atoms with Gasteiger partial charge in [-0.1, -0.05) is 39.7 Å². The zero-order valence-corrected chi connectivity index (χ0v) is 12.6. The molecule has 0 aliphatic carbocycles. The number of carbonyl (C=O) groups is 1. The maximum atomic E-state index is 12.0. The summed E-state index contributed by atoms with van der Waals surface area (Å²) in [6.07, 6.45) is 2.00. The predicted molar refractivity (Wildman–Crippen MR) is 83.4 cm³/mol. The predicted octanol–water partition coefficient (Wildman–Crippen LogP) is 4.30. The van der Waals surface area contributed by atoms with Gasteiger partial charge in [0, 0.05) is 16.6 Å². The summed E-state index contributed by atoms with van der Waals surface area (Å²) in [5.41, 5.74) is 1.89. The van der Waals surface area contributed by atoms with Gasteiger partial charge < -0.3 is 5.32 Å². The van der Waals surface area contributed by atoms with Crippen LogP contribution < -0.4 is 5.32 Å². The Hall–Kier alpha value is -1.61. The number of benzene rings is 2. The Morgan fingerprint density at radius 1 is 1.16 bits per heavy atom. The van der Waals surface area contributed by atoms with Gasteiger partial charge in [0.05, 0.1) is 0 Å². The van der Waals surface area contributed by atoms with Gasteiger partial charge in [-0.2, -0.15) is 0 Å². The first-order valence-corrected chi connectivity index (χ1v) is 6.96. The topological polar surface area (TPSA) is 29.1 Å². The molecule has 3 heteroatoms.